The highest BCUT2D eigenvalue weighted by Gasteiger charge is 2.33. The number of ether oxygens (including phenoxy) is 1. The second kappa shape index (κ2) is 9.97. The van der Waals surface area contributed by atoms with Crippen molar-refractivity contribution in [3.8, 4) is 11.5 Å². The Bertz CT molecular complexity index is 857. The first-order valence-electron chi connectivity index (χ1n) is 9.29. The van der Waals surface area contributed by atoms with Gasteiger partial charge in [-0.15, -0.1) is 0 Å². The number of rotatable bonds is 8. The molecule has 1 aliphatic heterocycles. The van der Waals surface area contributed by atoms with Crippen LogP contribution in [0.25, 0.3) is 0 Å². The first kappa shape index (κ1) is 20.7. The zero-order chi connectivity index (χ0) is 20.6. The SMILES string of the molecule is O=C(O)CCNC(=O)SC1CCC(=O)N1Cc1ccc(Oc2ccccc2)cc1. The predicted molar refractivity (Wildman–Crippen MR) is 110 cm³/mol. The highest BCUT2D eigenvalue weighted by Crippen LogP contribution is 2.30. The number of carbonyl (C=O) groups excluding carboxylic acids is 2. The van der Waals surface area contributed by atoms with Gasteiger partial charge in [0.1, 0.15) is 11.5 Å². The number of likely N-dealkylation sites (tertiary alicyclic amines) is 1. The number of aliphatic carboxylic acids is 1. The van der Waals surface area contributed by atoms with Crippen molar-refractivity contribution in [1.82, 2.24) is 10.2 Å². The number of nitrogens with zero attached hydrogens (tertiary/aromatic N) is 1. The summed E-state index contributed by atoms with van der Waals surface area (Å²) in [5.41, 5.74) is 0.942. The lowest BCUT2D eigenvalue weighted by Crippen LogP contribution is -2.33. The summed E-state index contributed by atoms with van der Waals surface area (Å²) in [5.74, 6) is 0.495. The molecule has 1 unspecified atom stereocenters. The Morgan fingerprint density at radius 3 is 2.48 bits per heavy atom. The van der Waals surface area contributed by atoms with Crippen molar-refractivity contribution >= 4 is 28.9 Å². The lowest BCUT2D eigenvalue weighted by molar-refractivity contribution is -0.136. The van der Waals surface area contributed by atoms with Crippen LogP contribution >= 0.6 is 11.8 Å². The van der Waals surface area contributed by atoms with Crippen LogP contribution in [-0.2, 0) is 16.1 Å². The van der Waals surface area contributed by atoms with Crippen LogP contribution in [0.15, 0.2) is 54.6 Å². The molecule has 1 fully saturated rings. The fourth-order valence-electron chi connectivity index (χ4n) is 2.94. The van der Waals surface area contributed by atoms with Gasteiger partial charge < -0.3 is 20.1 Å². The van der Waals surface area contributed by atoms with Gasteiger partial charge in [-0.3, -0.25) is 14.4 Å². The van der Waals surface area contributed by atoms with Gasteiger partial charge in [-0.05, 0) is 48.0 Å². The maximum Gasteiger partial charge on any atom is 0.305 e. The molecule has 2 aromatic rings. The van der Waals surface area contributed by atoms with E-state index < -0.39 is 5.97 Å². The van der Waals surface area contributed by atoms with Crippen molar-refractivity contribution in [3.63, 3.8) is 0 Å². The lowest BCUT2D eigenvalue weighted by atomic mass is 10.2. The first-order valence-corrected chi connectivity index (χ1v) is 10.2. The number of hydrogen-bond acceptors (Lipinski definition) is 5. The van der Waals surface area contributed by atoms with Crippen molar-refractivity contribution in [2.75, 3.05) is 6.54 Å². The van der Waals surface area contributed by atoms with E-state index in [0.29, 0.717) is 25.1 Å². The van der Waals surface area contributed by atoms with Crippen LogP contribution in [-0.4, -0.2) is 39.0 Å². The zero-order valence-electron chi connectivity index (χ0n) is 15.7. The van der Waals surface area contributed by atoms with Gasteiger partial charge in [-0.2, -0.15) is 0 Å². The molecule has 0 bridgehead atoms. The summed E-state index contributed by atoms with van der Waals surface area (Å²) in [5, 5.41) is 10.6. The Morgan fingerprint density at radius 1 is 1.10 bits per heavy atom. The molecule has 1 atom stereocenters. The van der Waals surface area contributed by atoms with E-state index >= 15 is 0 Å². The topological polar surface area (TPSA) is 95.9 Å². The molecule has 0 saturated carbocycles. The molecule has 2 N–H and O–H groups in total. The van der Waals surface area contributed by atoms with Gasteiger partial charge in [0.2, 0.25) is 5.91 Å². The standard InChI is InChI=1S/C21H22N2O5S/c24-18-10-11-19(29-21(27)22-13-12-20(25)26)23(18)14-15-6-8-17(9-7-15)28-16-4-2-1-3-5-16/h1-9,19H,10-14H2,(H,22,27)(H,25,26). The fourth-order valence-corrected chi connectivity index (χ4v) is 3.93. The van der Waals surface area contributed by atoms with Gasteiger partial charge in [0.25, 0.3) is 5.24 Å². The fraction of sp³-hybridized carbons (Fsp3) is 0.286. The molecule has 1 aliphatic rings. The molecular formula is C21H22N2O5S. The molecule has 2 amide bonds. The normalized spacial score (nSPS) is 15.9. The van der Waals surface area contributed by atoms with Crippen molar-refractivity contribution in [3.05, 3.63) is 60.2 Å². The van der Waals surface area contributed by atoms with Gasteiger partial charge in [0, 0.05) is 19.5 Å². The molecule has 7 nitrogen and oxygen atoms in total. The number of carboxylic acid groups (broad SMARTS) is 1. The van der Waals surface area contributed by atoms with Crippen LogP contribution in [0.5, 0.6) is 11.5 Å². The minimum atomic E-state index is -0.965. The van der Waals surface area contributed by atoms with Gasteiger partial charge in [-0.25, -0.2) is 0 Å². The lowest BCUT2D eigenvalue weighted by Gasteiger charge is -2.24. The second-order valence-electron chi connectivity index (χ2n) is 6.55. The predicted octanol–water partition coefficient (Wildman–Crippen LogP) is 3.84. The quantitative estimate of drug-likeness (QED) is 0.681. The summed E-state index contributed by atoms with van der Waals surface area (Å²) in [6.07, 6.45) is 0.858. The van der Waals surface area contributed by atoms with Crippen LogP contribution in [0.4, 0.5) is 4.79 Å². The van der Waals surface area contributed by atoms with Crippen LogP contribution in [0, 0.1) is 0 Å². The van der Waals surface area contributed by atoms with Crippen LogP contribution in [0.2, 0.25) is 0 Å². The van der Waals surface area contributed by atoms with Crippen molar-refractivity contribution in [1.29, 1.82) is 0 Å². The van der Waals surface area contributed by atoms with Gasteiger partial charge in [0.15, 0.2) is 0 Å². The Morgan fingerprint density at radius 2 is 1.79 bits per heavy atom. The highest BCUT2D eigenvalue weighted by atomic mass is 32.2. The monoisotopic (exact) mass is 414 g/mol. The summed E-state index contributed by atoms with van der Waals surface area (Å²) in [6, 6.07) is 17.0. The maximum atomic E-state index is 12.3. The average Bonchev–Trinajstić information content (AvgIpc) is 3.03. The molecule has 0 aromatic heterocycles. The summed E-state index contributed by atoms with van der Waals surface area (Å²) >= 11 is 1.03. The zero-order valence-corrected chi connectivity index (χ0v) is 16.6. The molecule has 1 saturated heterocycles. The third kappa shape index (κ3) is 6.25. The summed E-state index contributed by atoms with van der Waals surface area (Å²) in [7, 11) is 0. The molecule has 2 aromatic carbocycles. The number of carbonyl (C=O) groups is 3. The minimum Gasteiger partial charge on any atom is -0.481 e. The number of hydrogen-bond donors (Lipinski definition) is 2. The summed E-state index contributed by atoms with van der Waals surface area (Å²) in [4.78, 5) is 36.5. The molecular weight excluding hydrogens is 392 g/mol. The Balaban J connectivity index is 1.55. The molecule has 8 heteroatoms. The van der Waals surface area contributed by atoms with Gasteiger partial charge in [-0.1, -0.05) is 30.3 Å². The van der Waals surface area contributed by atoms with E-state index in [1.807, 2.05) is 54.6 Å². The first-order chi connectivity index (χ1) is 14.0. The summed E-state index contributed by atoms with van der Waals surface area (Å²) in [6.45, 7) is 0.481. The van der Waals surface area contributed by atoms with Gasteiger partial charge >= 0.3 is 5.97 Å². The van der Waals surface area contributed by atoms with Crippen molar-refractivity contribution in [2.24, 2.45) is 0 Å². The molecule has 1 heterocycles. The number of amides is 2. The van der Waals surface area contributed by atoms with E-state index in [-0.39, 0.29) is 29.5 Å². The maximum absolute atomic E-state index is 12.3. The third-order valence-electron chi connectivity index (χ3n) is 4.38. The van der Waals surface area contributed by atoms with E-state index in [2.05, 4.69) is 5.32 Å². The second-order valence-corrected chi connectivity index (χ2v) is 7.70. The molecule has 0 radical (unpaired) electrons. The van der Waals surface area contributed by atoms with Gasteiger partial charge in [0.05, 0.1) is 11.8 Å². The molecule has 152 valence electrons. The van der Waals surface area contributed by atoms with E-state index in [1.165, 1.54) is 0 Å². The van der Waals surface area contributed by atoms with Crippen LogP contribution < -0.4 is 10.1 Å². The van der Waals surface area contributed by atoms with E-state index in [1.54, 1.807) is 4.90 Å². The van der Waals surface area contributed by atoms with E-state index in [9.17, 15) is 14.4 Å². The van der Waals surface area contributed by atoms with E-state index in [0.717, 1.165) is 23.1 Å². The minimum absolute atomic E-state index is 0.00504. The number of benzene rings is 2. The molecule has 29 heavy (non-hydrogen) atoms. The van der Waals surface area contributed by atoms with Crippen LogP contribution in [0.3, 0.4) is 0 Å². The number of carboxylic acids is 1. The highest BCUT2D eigenvalue weighted by molar-refractivity contribution is 8.14. The average molecular weight is 414 g/mol. The van der Waals surface area contributed by atoms with Crippen LogP contribution in [0.1, 0.15) is 24.8 Å². The smallest absolute Gasteiger partial charge is 0.305 e. The molecule has 0 spiro atoms. The number of nitrogens with one attached hydrogen (secondary N) is 1. The summed E-state index contributed by atoms with van der Waals surface area (Å²) < 4.78 is 5.77. The number of para-hydroxylation sites is 1. The third-order valence-corrected chi connectivity index (χ3v) is 5.50. The number of thioether (sulfide) groups is 1. The molecule has 0 aliphatic carbocycles. The largest absolute Gasteiger partial charge is 0.481 e. The molecule has 3 rings (SSSR count). The Hall–Kier alpha value is -3.00. The van der Waals surface area contributed by atoms with E-state index in [4.69, 9.17) is 9.84 Å². The van der Waals surface area contributed by atoms with Crippen molar-refractivity contribution < 1.29 is 24.2 Å². The Labute approximate surface area is 173 Å². The Kier molecular flexibility index (Phi) is 7.13. The van der Waals surface area contributed by atoms with Crippen molar-refractivity contribution in [2.45, 2.75) is 31.2 Å².